The molecular formula is C17H15ClFN3O. The summed E-state index contributed by atoms with van der Waals surface area (Å²) in [6, 6.07) is 12.0. The van der Waals surface area contributed by atoms with Crippen molar-refractivity contribution in [1.82, 2.24) is 10.1 Å². The first kappa shape index (κ1) is 15.6. The fourth-order valence-electron chi connectivity index (χ4n) is 2.43. The Morgan fingerprint density at radius 3 is 2.74 bits per heavy atom. The summed E-state index contributed by atoms with van der Waals surface area (Å²) in [7, 11) is 0. The summed E-state index contributed by atoms with van der Waals surface area (Å²) in [5.74, 6) is 0.509. The predicted molar refractivity (Wildman–Crippen MR) is 86.5 cm³/mol. The molecule has 0 aliphatic carbocycles. The van der Waals surface area contributed by atoms with E-state index in [9.17, 15) is 4.39 Å². The minimum Gasteiger partial charge on any atom is -0.338 e. The zero-order valence-electron chi connectivity index (χ0n) is 12.5. The molecule has 0 fully saturated rings. The number of nitrogens with two attached hydrogens (primary N) is 1. The maximum absolute atomic E-state index is 13.4. The Hall–Kier alpha value is -2.24. The fraction of sp³-hybridized carbons (Fsp3) is 0.176. The fourth-order valence-corrected chi connectivity index (χ4v) is 2.61. The summed E-state index contributed by atoms with van der Waals surface area (Å²) in [4.78, 5) is 4.16. The second-order valence-electron chi connectivity index (χ2n) is 5.28. The molecule has 1 atom stereocenters. The predicted octanol–water partition coefficient (Wildman–Crippen LogP) is 4.08. The SMILES string of the molecule is Cc1noc([C@H](N)Cc2ccccc2-c2ccc(F)c(Cl)c2)n1. The molecule has 2 N–H and O–H groups in total. The zero-order chi connectivity index (χ0) is 16.4. The summed E-state index contributed by atoms with van der Waals surface area (Å²) in [5.41, 5.74) is 8.94. The van der Waals surface area contributed by atoms with Crippen LogP contribution in [0.5, 0.6) is 0 Å². The van der Waals surface area contributed by atoms with E-state index in [1.54, 1.807) is 19.1 Å². The van der Waals surface area contributed by atoms with Crippen molar-refractivity contribution in [3.05, 3.63) is 70.6 Å². The Morgan fingerprint density at radius 2 is 2.04 bits per heavy atom. The van der Waals surface area contributed by atoms with Gasteiger partial charge in [0.15, 0.2) is 5.82 Å². The highest BCUT2D eigenvalue weighted by Gasteiger charge is 2.16. The molecule has 1 aromatic heterocycles. The number of aryl methyl sites for hydroxylation is 1. The molecule has 4 nitrogen and oxygen atoms in total. The van der Waals surface area contributed by atoms with Gasteiger partial charge in [-0.15, -0.1) is 0 Å². The number of hydrogen-bond donors (Lipinski definition) is 1. The highest BCUT2D eigenvalue weighted by molar-refractivity contribution is 6.31. The first-order chi connectivity index (χ1) is 11.0. The third-order valence-electron chi connectivity index (χ3n) is 3.55. The number of aromatic nitrogens is 2. The van der Waals surface area contributed by atoms with E-state index in [2.05, 4.69) is 10.1 Å². The van der Waals surface area contributed by atoms with E-state index in [0.717, 1.165) is 16.7 Å². The Morgan fingerprint density at radius 1 is 1.26 bits per heavy atom. The lowest BCUT2D eigenvalue weighted by atomic mass is 9.95. The van der Waals surface area contributed by atoms with Crippen molar-refractivity contribution >= 4 is 11.6 Å². The molecule has 0 aliphatic heterocycles. The van der Waals surface area contributed by atoms with E-state index in [-0.39, 0.29) is 5.02 Å². The van der Waals surface area contributed by atoms with Gasteiger partial charge >= 0.3 is 0 Å². The van der Waals surface area contributed by atoms with Gasteiger partial charge in [-0.05, 0) is 42.2 Å². The third-order valence-corrected chi connectivity index (χ3v) is 3.84. The maximum atomic E-state index is 13.4. The molecule has 6 heteroatoms. The van der Waals surface area contributed by atoms with Crippen molar-refractivity contribution in [2.45, 2.75) is 19.4 Å². The summed E-state index contributed by atoms with van der Waals surface area (Å²) in [6.45, 7) is 1.74. The molecule has 118 valence electrons. The van der Waals surface area contributed by atoms with Crippen LogP contribution in [-0.4, -0.2) is 10.1 Å². The maximum Gasteiger partial charge on any atom is 0.243 e. The van der Waals surface area contributed by atoms with E-state index in [1.165, 1.54) is 6.07 Å². The van der Waals surface area contributed by atoms with Crippen LogP contribution < -0.4 is 5.73 Å². The first-order valence-electron chi connectivity index (χ1n) is 7.13. The van der Waals surface area contributed by atoms with Gasteiger partial charge in [0.1, 0.15) is 5.82 Å². The van der Waals surface area contributed by atoms with Crippen molar-refractivity contribution in [3.63, 3.8) is 0 Å². The van der Waals surface area contributed by atoms with Gasteiger partial charge in [0.05, 0.1) is 11.1 Å². The normalized spacial score (nSPS) is 12.3. The van der Waals surface area contributed by atoms with Crippen molar-refractivity contribution < 1.29 is 8.91 Å². The monoisotopic (exact) mass is 331 g/mol. The molecule has 0 saturated heterocycles. The average molecular weight is 332 g/mol. The van der Waals surface area contributed by atoms with Crippen molar-refractivity contribution in [3.8, 4) is 11.1 Å². The number of halogens is 2. The topological polar surface area (TPSA) is 64.9 Å². The van der Waals surface area contributed by atoms with Crippen LogP contribution in [0.25, 0.3) is 11.1 Å². The van der Waals surface area contributed by atoms with E-state index in [0.29, 0.717) is 18.1 Å². The van der Waals surface area contributed by atoms with Crippen LogP contribution in [0.15, 0.2) is 47.0 Å². The number of nitrogens with zero attached hydrogens (tertiary/aromatic N) is 2. The van der Waals surface area contributed by atoms with E-state index < -0.39 is 11.9 Å². The lowest BCUT2D eigenvalue weighted by molar-refractivity contribution is 0.351. The molecule has 0 bridgehead atoms. The average Bonchev–Trinajstić information content (AvgIpc) is 2.97. The molecule has 0 aliphatic rings. The van der Waals surface area contributed by atoms with Gasteiger partial charge in [-0.1, -0.05) is 47.1 Å². The van der Waals surface area contributed by atoms with Crippen molar-refractivity contribution in [2.24, 2.45) is 5.73 Å². The lowest BCUT2D eigenvalue weighted by Crippen LogP contribution is -2.14. The number of rotatable bonds is 4. The summed E-state index contributed by atoms with van der Waals surface area (Å²) in [5, 5.41) is 3.85. The van der Waals surface area contributed by atoms with E-state index in [1.807, 2.05) is 24.3 Å². The van der Waals surface area contributed by atoms with Crippen LogP contribution in [0.1, 0.15) is 23.3 Å². The van der Waals surface area contributed by atoms with Gasteiger partial charge in [-0.25, -0.2) is 4.39 Å². The number of hydrogen-bond acceptors (Lipinski definition) is 4. The van der Waals surface area contributed by atoms with Crippen molar-refractivity contribution in [1.29, 1.82) is 0 Å². The highest BCUT2D eigenvalue weighted by Crippen LogP contribution is 2.29. The van der Waals surface area contributed by atoms with Gasteiger partial charge < -0.3 is 10.3 Å². The zero-order valence-corrected chi connectivity index (χ0v) is 13.2. The molecule has 0 amide bonds. The second kappa shape index (κ2) is 6.48. The van der Waals surface area contributed by atoms with Gasteiger partial charge in [0.2, 0.25) is 5.89 Å². The van der Waals surface area contributed by atoms with Gasteiger partial charge in [0.25, 0.3) is 0 Å². The van der Waals surface area contributed by atoms with Crippen LogP contribution in [0.2, 0.25) is 5.02 Å². The quantitative estimate of drug-likeness (QED) is 0.782. The van der Waals surface area contributed by atoms with Gasteiger partial charge in [0, 0.05) is 0 Å². The van der Waals surface area contributed by atoms with Crippen LogP contribution in [0, 0.1) is 12.7 Å². The second-order valence-corrected chi connectivity index (χ2v) is 5.68. The molecule has 2 aromatic carbocycles. The lowest BCUT2D eigenvalue weighted by Gasteiger charge is -2.13. The van der Waals surface area contributed by atoms with Crippen molar-refractivity contribution in [2.75, 3.05) is 0 Å². The Labute approximate surface area is 138 Å². The molecule has 0 unspecified atom stereocenters. The summed E-state index contributed by atoms with van der Waals surface area (Å²) >= 11 is 5.89. The molecule has 0 radical (unpaired) electrons. The first-order valence-corrected chi connectivity index (χ1v) is 7.51. The van der Waals surface area contributed by atoms with Crippen LogP contribution in [-0.2, 0) is 6.42 Å². The standard InChI is InChI=1S/C17H15ClFN3O/c1-10-21-17(23-22-10)16(20)9-11-4-2-3-5-13(11)12-6-7-15(19)14(18)8-12/h2-8,16H,9,20H2,1H3/t16-/m1/s1. The van der Waals surface area contributed by atoms with Crippen LogP contribution in [0.3, 0.4) is 0 Å². The highest BCUT2D eigenvalue weighted by atomic mass is 35.5. The molecule has 23 heavy (non-hydrogen) atoms. The Bertz CT molecular complexity index is 834. The molecule has 0 saturated carbocycles. The van der Waals surface area contributed by atoms with Gasteiger partial charge in [-0.3, -0.25) is 0 Å². The molecule has 3 rings (SSSR count). The summed E-state index contributed by atoms with van der Waals surface area (Å²) in [6.07, 6.45) is 0.521. The molecule has 0 spiro atoms. The molecule has 3 aromatic rings. The smallest absolute Gasteiger partial charge is 0.243 e. The van der Waals surface area contributed by atoms with Gasteiger partial charge in [-0.2, -0.15) is 4.98 Å². The largest absolute Gasteiger partial charge is 0.338 e. The minimum atomic E-state index is -0.439. The summed E-state index contributed by atoms with van der Waals surface area (Å²) < 4.78 is 18.5. The molecular weight excluding hydrogens is 317 g/mol. The molecule has 1 heterocycles. The Balaban J connectivity index is 1.93. The minimum absolute atomic E-state index is 0.0918. The Kier molecular flexibility index (Phi) is 4.41. The van der Waals surface area contributed by atoms with E-state index in [4.69, 9.17) is 21.9 Å². The number of benzene rings is 2. The van der Waals surface area contributed by atoms with Crippen LogP contribution in [0.4, 0.5) is 4.39 Å². The van der Waals surface area contributed by atoms with Crippen LogP contribution >= 0.6 is 11.6 Å². The van der Waals surface area contributed by atoms with E-state index >= 15 is 0 Å². The third kappa shape index (κ3) is 3.41.